The summed E-state index contributed by atoms with van der Waals surface area (Å²) < 4.78 is 34.6. The maximum absolute atomic E-state index is 13.1. The molecule has 2 N–H and O–H groups in total. The van der Waals surface area contributed by atoms with Crippen LogP contribution in [0.3, 0.4) is 0 Å². The number of para-hydroxylation sites is 3. The summed E-state index contributed by atoms with van der Waals surface area (Å²) in [7, 11) is -3.95. The van der Waals surface area contributed by atoms with E-state index in [9.17, 15) is 18.0 Å². The van der Waals surface area contributed by atoms with Crippen molar-refractivity contribution >= 4 is 27.5 Å². The van der Waals surface area contributed by atoms with Crippen LogP contribution in [0.2, 0.25) is 0 Å². The van der Waals surface area contributed by atoms with E-state index in [4.69, 9.17) is 4.74 Å². The molecular formula is C31H36N4O5S. The quantitative estimate of drug-likeness (QED) is 0.389. The molecule has 0 aromatic heterocycles. The summed E-state index contributed by atoms with van der Waals surface area (Å²) in [5.41, 5.74) is 0.560. The lowest BCUT2D eigenvalue weighted by Crippen LogP contribution is -2.50. The number of hydrogen-bond acceptors (Lipinski definition) is 6. The van der Waals surface area contributed by atoms with Crippen LogP contribution in [0, 0.1) is 0 Å². The Kier molecular flexibility index (Phi) is 9.21. The molecule has 0 spiro atoms. The Balaban J connectivity index is 1.13. The van der Waals surface area contributed by atoms with Crippen LogP contribution in [0.4, 0.5) is 5.69 Å². The van der Waals surface area contributed by atoms with Gasteiger partial charge in [0.05, 0.1) is 17.1 Å². The van der Waals surface area contributed by atoms with Gasteiger partial charge in [-0.15, -0.1) is 0 Å². The number of nitrogens with one attached hydrogen (secondary N) is 2. The molecule has 216 valence electrons. The van der Waals surface area contributed by atoms with E-state index in [-0.39, 0.29) is 28.6 Å². The van der Waals surface area contributed by atoms with Gasteiger partial charge in [-0.2, -0.15) is 0 Å². The van der Waals surface area contributed by atoms with Gasteiger partial charge in [0.25, 0.3) is 15.9 Å². The summed E-state index contributed by atoms with van der Waals surface area (Å²) in [4.78, 5) is 29.8. The largest absolute Gasteiger partial charge is 0.455 e. The Morgan fingerprint density at radius 2 is 1.46 bits per heavy atom. The summed E-state index contributed by atoms with van der Waals surface area (Å²) in [6.45, 7) is 3.62. The van der Waals surface area contributed by atoms with Crippen molar-refractivity contribution in [2.45, 2.75) is 43.0 Å². The number of benzene rings is 3. The van der Waals surface area contributed by atoms with Crippen molar-refractivity contribution in [3.63, 3.8) is 0 Å². The number of hydrogen-bond donors (Lipinski definition) is 2. The molecule has 3 aromatic carbocycles. The van der Waals surface area contributed by atoms with Gasteiger partial charge in [0.2, 0.25) is 5.91 Å². The second-order valence-corrected chi connectivity index (χ2v) is 12.1. The first-order valence-electron chi connectivity index (χ1n) is 14.1. The first kappa shape index (κ1) is 28.6. The highest BCUT2D eigenvalue weighted by Crippen LogP contribution is 2.31. The fraction of sp³-hybridized carbons (Fsp3) is 0.355. The highest BCUT2D eigenvalue weighted by molar-refractivity contribution is 7.92. The highest BCUT2D eigenvalue weighted by atomic mass is 32.2. The zero-order chi connectivity index (χ0) is 28.7. The minimum atomic E-state index is -3.95. The average molecular weight is 577 g/mol. The van der Waals surface area contributed by atoms with E-state index in [0.717, 1.165) is 25.9 Å². The molecular weight excluding hydrogens is 540 g/mol. The number of amides is 2. The predicted molar refractivity (Wildman–Crippen MR) is 158 cm³/mol. The zero-order valence-corrected chi connectivity index (χ0v) is 23.8. The van der Waals surface area contributed by atoms with Crippen LogP contribution in [0.1, 0.15) is 42.5 Å². The third-order valence-electron chi connectivity index (χ3n) is 7.65. The molecule has 0 saturated carbocycles. The van der Waals surface area contributed by atoms with Crippen molar-refractivity contribution in [3.05, 3.63) is 84.4 Å². The molecule has 2 saturated heterocycles. The maximum atomic E-state index is 13.1. The Morgan fingerprint density at radius 3 is 2.17 bits per heavy atom. The smallest absolute Gasteiger partial charge is 0.262 e. The van der Waals surface area contributed by atoms with Crippen molar-refractivity contribution in [1.82, 2.24) is 15.1 Å². The highest BCUT2D eigenvalue weighted by Gasteiger charge is 2.27. The molecule has 5 rings (SSSR count). The van der Waals surface area contributed by atoms with Gasteiger partial charge in [0.15, 0.2) is 5.75 Å². The number of anilines is 1. The number of likely N-dealkylation sites (tertiary alicyclic amines) is 2. The van der Waals surface area contributed by atoms with Crippen molar-refractivity contribution in [3.8, 4) is 11.5 Å². The summed E-state index contributed by atoms with van der Waals surface area (Å²) >= 11 is 0. The molecule has 2 amide bonds. The summed E-state index contributed by atoms with van der Waals surface area (Å²) in [5.74, 6) is 0.406. The van der Waals surface area contributed by atoms with Gasteiger partial charge < -0.3 is 19.9 Å². The minimum absolute atomic E-state index is 0.00350. The third kappa shape index (κ3) is 7.45. The van der Waals surface area contributed by atoms with Crippen molar-refractivity contribution in [1.29, 1.82) is 0 Å². The van der Waals surface area contributed by atoms with Crippen LogP contribution < -0.4 is 14.8 Å². The van der Waals surface area contributed by atoms with E-state index in [1.165, 1.54) is 43.5 Å². The number of piperidine rings is 2. The van der Waals surface area contributed by atoms with Crippen LogP contribution in [0.15, 0.2) is 83.8 Å². The predicted octanol–water partition coefficient (Wildman–Crippen LogP) is 4.49. The van der Waals surface area contributed by atoms with Crippen LogP contribution in [-0.4, -0.2) is 68.8 Å². The Hall–Kier alpha value is -3.89. The van der Waals surface area contributed by atoms with Gasteiger partial charge in [0, 0.05) is 24.7 Å². The van der Waals surface area contributed by atoms with Crippen LogP contribution in [0.5, 0.6) is 11.5 Å². The number of carbonyl (C=O) groups is 2. The molecule has 41 heavy (non-hydrogen) atoms. The van der Waals surface area contributed by atoms with E-state index in [1.807, 2.05) is 23.1 Å². The van der Waals surface area contributed by atoms with Crippen molar-refractivity contribution in [2.24, 2.45) is 0 Å². The van der Waals surface area contributed by atoms with E-state index < -0.39 is 15.9 Å². The van der Waals surface area contributed by atoms with Crippen molar-refractivity contribution in [2.75, 3.05) is 37.4 Å². The molecule has 2 aliphatic rings. The lowest BCUT2D eigenvalue weighted by molar-refractivity contribution is -0.131. The normalized spacial score (nSPS) is 16.6. The minimum Gasteiger partial charge on any atom is -0.455 e. The SMILES string of the molecule is O=C(NCC(=O)N1CCC(N2CCCCC2)CC1)c1ccc(S(=O)(=O)Nc2ccccc2Oc2ccccc2)cc1. The van der Waals surface area contributed by atoms with E-state index in [1.54, 1.807) is 36.4 Å². The number of rotatable bonds is 9. The topological polar surface area (TPSA) is 108 Å². The second-order valence-electron chi connectivity index (χ2n) is 10.4. The molecule has 0 radical (unpaired) electrons. The van der Waals surface area contributed by atoms with E-state index in [0.29, 0.717) is 30.6 Å². The van der Waals surface area contributed by atoms with Crippen LogP contribution in [0.25, 0.3) is 0 Å². The number of carbonyl (C=O) groups excluding carboxylic acids is 2. The lowest BCUT2D eigenvalue weighted by Gasteiger charge is -2.40. The summed E-state index contributed by atoms with van der Waals surface area (Å²) in [6, 6.07) is 22.0. The second kappa shape index (κ2) is 13.2. The third-order valence-corrected chi connectivity index (χ3v) is 9.04. The first-order chi connectivity index (χ1) is 19.9. The van der Waals surface area contributed by atoms with Crippen molar-refractivity contribution < 1.29 is 22.7 Å². The molecule has 2 fully saturated rings. The number of sulfonamides is 1. The van der Waals surface area contributed by atoms with E-state index >= 15 is 0 Å². The molecule has 0 aliphatic carbocycles. The summed E-state index contributed by atoms with van der Waals surface area (Å²) in [6.07, 6.45) is 5.75. The average Bonchev–Trinajstić information content (AvgIpc) is 3.01. The van der Waals surface area contributed by atoms with Gasteiger partial charge in [-0.25, -0.2) is 8.42 Å². The lowest BCUT2D eigenvalue weighted by atomic mass is 10.00. The molecule has 3 aromatic rings. The Labute approximate surface area is 241 Å². The van der Waals surface area contributed by atoms with Gasteiger partial charge >= 0.3 is 0 Å². The molecule has 0 unspecified atom stereocenters. The number of ether oxygens (including phenoxy) is 1. The van der Waals surface area contributed by atoms with Gasteiger partial charge in [-0.05, 0) is 87.3 Å². The van der Waals surface area contributed by atoms with Gasteiger partial charge in [0.1, 0.15) is 5.75 Å². The standard InChI is InChI=1S/C31H36N4O5S/c36-30(35-21-17-25(18-22-35)34-19-7-2-8-20-34)23-32-31(37)24-13-15-27(16-14-24)41(38,39)33-28-11-5-6-12-29(28)40-26-9-3-1-4-10-26/h1,3-6,9-16,25,33H,2,7-8,17-23H2,(H,32,37). The summed E-state index contributed by atoms with van der Waals surface area (Å²) in [5, 5.41) is 2.68. The monoisotopic (exact) mass is 576 g/mol. The first-order valence-corrected chi connectivity index (χ1v) is 15.6. The zero-order valence-electron chi connectivity index (χ0n) is 23.0. The van der Waals surface area contributed by atoms with Gasteiger partial charge in [-0.1, -0.05) is 36.8 Å². The Bertz CT molecular complexity index is 1430. The van der Waals surface area contributed by atoms with E-state index in [2.05, 4.69) is 14.9 Å². The molecule has 9 nitrogen and oxygen atoms in total. The van der Waals surface area contributed by atoms with Gasteiger partial charge in [-0.3, -0.25) is 14.3 Å². The molecule has 0 atom stereocenters. The number of nitrogens with zero attached hydrogens (tertiary/aromatic N) is 2. The van der Waals surface area contributed by atoms with Crippen LogP contribution >= 0.6 is 0 Å². The maximum Gasteiger partial charge on any atom is 0.262 e. The molecule has 2 heterocycles. The molecule has 0 bridgehead atoms. The molecule has 2 aliphatic heterocycles. The Morgan fingerprint density at radius 1 is 0.805 bits per heavy atom. The fourth-order valence-electron chi connectivity index (χ4n) is 5.38. The fourth-order valence-corrected chi connectivity index (χ4v) is 6.45. The van der Waals surface area contributed by atoms with Crippen LogP contribution in [-0.2, 0) is 14.8 Å². The molecule has 10 heteroatoms.